The van der Waals surface area contributed by atoms with Gasteiger partial charge in [-0.2, -0.15) is 0 Å². The standard InChI is InChI=1S/C41H81NO8/c1-3-5-7-9-11-13-15-17-19-20-22-24-26-28-30-35(44)34(33-49-41-40(48)39(47)38(46)36(32-43)50-41)42-37(45)31-29-27-25-23-21-18-16-14-12-10-8-6-4-2/h34-36,38-41,43-44,46-48H,3-33H2,1-2H3,(H,42,45)/t34-,35+,36+,38-,39?,40?,41+/m0/s1. The maximum atomic E-state index is 12.9. The molecule has 1 aliphatic heterocycles. The van der Waals surface area contributed by atoms with E-state index in [2.05, 4.69) is 19.2 Å². The van der Waals surface area contributed by atoms with E-state index in [-0.39, 0.29) is 12.5 Å². The van der Waals surface area contributed by atoms with Crippen molar-refractivity contribution in [3.63, 3.8) is 0 Å². The van der Waals surface area contributed by atoms with Crippen LogP contribution in [-0.4, -0.2) is 87.5 Å². The van der Waals surface area contributed by atoms with E-state index in [0.29, 0.717) is 12.8 Å². The second-order valence-corrected chi connectivity index (χ2v) is 15.1. The van der Waals surface area contributed by atoms with Gasteiger partial charge in [0, 0.05) is 6.42 Å². The van der Waals surface area contributed by atoms with Crippen LogP contribution in [0.3, 0.4) is 0 Å². The molecule has 0 aromatic rings. The van der Waals surface area contributed by atoms with Crippen molar-refractivity contribution in [3.8, 4) is 0 Å². The van der Waals surface area contributed by atoms with Gasteiger partial charge < -0.3 is 40.3 Å². The van der Waals surface area contributed by atoms with E-state index in [0.717, 1.165) is 38.5 Å². The number of amides is 1. The Bertz CT molecular complexity index is 756. The van der Waals surface area contributed by atoms with E-state index in [1.807, 2.05) is 0 Å². The molecule has 0 saturated carbocycles. The third kappa shape index (κ3) is 23.7. The van der Waals surface area contributed by atoms with Crippen molar-refractivity contribution < 1.29 is 39.8 Å². The van der Waals surface area contributed by atoms with Crippen LogP contribution in [0.2, 0.25) is 0 Å². The molecule has 2 unspecified atom stereocenters. The maximum Gasteiger partial charge on any atom is 0.220 e. The molecular formula is C41H81NO8. The van der Waals surface area contributed by atoms with E-state index >= 15 is 0 Å². The second-order valence-electron chi connectivity index (χ2n) is 15.1. The average molecular weight is 716 g/mol. The fourth-order valence-electron chi connectivity index (χ4n) is 6.98. The molecule has 0 aliphatic carbocycles. The summed E-state index contributed by atoms with van der Waals surface area (Å²) in [4.78, 5) is 12.9. The highest BCUT2D eigenvalue weighted by Gasteiger charge is 2.44. The van der Waals surface area contributed by atoms with Crippen LogP contribution in [0, 0.1) is 0 Å². The van der Waals surface area contributed by atoms with Gasteiger partial charge in [0.15, 0.2) is 6.29 Å². The Hall–Kier alpha value is -0.810. The predicted octanol–water partition coefficient (Wildman–Crippen LogP) is 8.00. The third-order valence-corrected chi connectivity index (χ3v) is 10.5. The molecule has 0 bridgehead atoms. The fourth-order valence-corrected chi connectivity index (χ4v) is 6.98. The van der Waals surface area contributed by atoms with E-state index < -0.39 is 49.5 Å². The largest absolute Gasteiger partial charge is 0.394 e. The van der Waals surface area contributed by atoms with Gasteiger partial charge in [-0.1, -0.05) is 181 Å². The molecule has 1 amide bonds. The van der Waals surface area contributed by atoms with Crippen LogP contribution in [-0.2, 0) is 14.3 Å². The van der Waals surface area contributed by atoms with Crippen LogP contribution in [0.5, 0.6) is 0 Å². The number of carbonyl (C=O) groups is 1. The Morgan fingerprint density at radius 2 is 1.00 bits per heavy atom. The van der Waals surface area contributed by atoms with Crippen LogP contribution in [0.25, 0.3) is 0 Å². The SMILES string of the molecule is CCCCCCCCCCCCCCCC[C@@H](O)[C@H](CO[C@@H]1O[C@H](CO)[C@H](O)C(O)C1O)NC(=O)CCCCCCCCCCCCCCC. The van der Waals surface area contributed by atoms with E-state index in [4.69, 9.17) is 9.47 Å². The minimum atomic E-state index is -1.55. The van der Waals surface area contributed by atoms with Gasteiger partial charge in [0.05, 0.1) is 25.4 Å². The van der Waals surface area contributed by atoms with Crippen molar-refractivity contribution in [1.29, 1.82) is 0 Å². The van der Waals surface area contributed by atoms with Crippen molar-refractivity contribution in [2.75, 3.05) is 13.2 Å². The number of rotatable bonds is 35. The van der Waals surface area contributed by atoms with E-state index in [1.165, 1.54) is 135 Å². The van der Waals surface area contributed by atoms with Gasteiger partial charge in [-0.25, -0.2) is 0 Å². The molecule has 298 valence electrons. The lowest BCUT2D eigenvalue weighted by Crippen LogP contribution is -2.60. The average Bonchev–Trinajstić information content (AvgIpc) is 3.11. The van der Waals surface area contributed by atoms with Crippen molar-refractivity contribution in [3.05, 3.63) is 0 Å². The Balaban J connectivity index is 2.37. The first-order chi connectivity index (χ1) is 24.3. The third-order valence-electron chi connectivity index (χ3n) is 10.5. The van der Waals surface area contributed by atoms with E-state index in [9.17, 15) is 30.3 Å². The lowest BCUT2D eigenvalue weighted by atomic mass is 9.99. The molecule has 9 heteroatoms. The summed E-state index contributed by atoms with van der Waals surface area (Å²) in [6.07, 6.45) is 26.7. The minimum Gasteiger partial charge on any atom is -0.394 e. The topological polar surface area (TPSA) is 149 Å². The highest BCUT2D eigenvalue weighted by Crippen LogP contribution is 2.23. The summed E-state index contributed by atoms with van der Waals surface area (Å²) in [6, 6.07) is -0.709. The van der Waals surface area contributed by atoms with Gasteiger partial charge in [0.25, 0.3) is 0 Å². The van der Waals surface area contributed by atoms with Crippen molar-refractivity contribution in [2.45, 2.75) is 243 Å². The zero-order chi connectivity index (χ0) is 36.7. The highest BCUT2D eigenvalue weighted by molar-refractivity contribution is 5.76. The molecule has 0 aromatic carbocycles. The van der Waals surface area contributed by atoms with Gasteiger partial charge in [0.2, 0.25) is 5.91 Å². The molecule has 0 spiro atoms. The predicted molar refractivity (Wildman–Crippen MR) is 203 cm³/mol. The Morgan fingerprint density at radius 1 is 0.600 bits per heavy atom. The minimum absolute atomic E-state index is 0.132. The first-order valence-corrected chi connectivity index (χ1v) is 21.2. The Morgan fingerprint density at radius 3 is 1.42 bits per heavy atom. The molecule has 1 aliphatic rings. The van der Waals surface area contributed by atoms with Crippen LogP contribution in [0.1, 0.15) is 200 Å². The smallest absolute Gasteiger partial charge is 0.220 e. The van der Waals surface area contributed by atoms with Gasteiger partial charge in [0.1, 0.15) is 24.4 Å². The van der Waals surface area contributed by atoms with Gasteiger partial charge in [-0.3, -0.25) is 4.79 Å². The van der Waals surface area contributed by atoms with Crippen LogP contribution in [0.4, 0.5) is 0 Å². The highest BCUT2D eigenvalue weighted by atomic mass is 16.7. The number of hydrogen-bond acceptors (Lipinski definition) is 8. The van der Waals surface area contributed by atoms with Crippen LogP contribution in [0.15, 0.2) is 0 Å². The number of aliphatic hydroxyl groups is 5. The summed E-state index contributed by atoms with van der Waals surface area (Å²) < 4.78 is 11.2. The first-order valence-electron chi connectivity index (χ1n) is 21.2. The second kappa shape index (κ2) is 32.8. The van der Waals surface area contributed by atoms with Crippen molar-refractivity contribution in [1.82, 2.24) is 5.32 Å². The lowest BCUT2D eigenvalue weighted by molar-refractivity contribution is -0.302. The van der Waals surface area contributed by atoms with E-state index in [1.54, 1.807) is 0 Å². The zero-order valence-corrected chi connectivity index (χ0v) is 32.4. The molecule has 9 nitrogen and oxygen atoms in total. The fraction of sp³-hybridized carbons (Fsp3) is 0.976. The molecule has 0 aromatic heterocycles. The number of unbranched alkanes of at least 4 members (excludes halogenated alkanes) is 25. The maximum absolute atomic E-state index is 12.9. The Kier molecular flexibility index (Phi) is 31.0. The lowest BCUT2D eigenvalue weighted by Gasteiger charge is -2.40. The zero-order valence-electron chi connectivity index (χ0n) is 32.4. The summed E-state index contributed by atoms with van der Waals surface area (Å²) in [6.45, 7) is 3.83. The molecule has 1 rings (SSSR count). The molecule has 1 saturated heterocycles. The summed E-state index contributed by atoms with van der Waals surface area (Å²) in [5.74, 6) is -0.143. The quantitative estimate of drug-likeness (QED) is 0.0362. The van der Waals surface area contributed by atoms with Crippen molar-refractivity contribution >= 4 is 5.91 Å². The summed E-state index contributed by atoms with van der Waals surface area (Å²) in [5, 5.41) is 54.2. The summed E-state index contributed by atoms with van der Waals surface area (Å²) in [7, 11) is 0. The van der Waals surface area contributed by atoms with Gasteiger partial charge in [-0.15, -0.1) is 0 Å². The number of ether oxygens (including phenoxy) is 2. The molecule has 0 radical (unpaired) electrons. The summed E-state index contributed by atoms with van der Waals surface area (Å²) in [5.41, 5.74) is 0. The number of hydrogen-bond donors (Lipinski definition) is 6. The first kappa shape index (κ1) is 47.2. The normalized spacial score (nSPS) is 22.1. The molecular weight excluding hydrogens is 634 g/mol. The molecule has 1 heterocycles. The van der Waals surface area contributed by atoms with Crippen LogP contribution < -0.4 is 5.32 Å². The number of aliphatic hydroxyl groups excluding tert-OH is 5. The number of carbonyl (C=O) groups excluding carboxylic acids is 1. The van der Waals surface area contributed by atoms with Crippen LogP contribution >= 0.6 is 0 Å². The van der Waals surface area contributed by atoms with Gasteiger partial charge in [-0.05, 0) is 12.8 Å². The molecule has 6 N–H and O–H groups in total. The molecule has 1 fully saturated rings. The monoisotopic (exact) mass is 716 g/mol. The molecule has 50 heavy (non-hydrogen) atoms. The number of nitrogens with one attached hydrogen (secondary N) is 1. The Labute approximate surface area is 306 Å². The van der Waals surface area contributed by atoms with Crippen molar-refractivity contribution in [2.24, 2.45) is 0 Å². The summed E-state index contributed by atoms with van der Waals surface area (Å²) >= 11 is 0. The van der Waals surface area contributed by atoms with Gasteiger partial charge >= 0.3 is 0 Å². The molecule has 7 atom stereocenters.